The zero-order valence-electron chi connectivity index (χ0n) is 14.9. The number of rotatable bonds is 6. The lowest BCUT2D eigenvalue weighted by Crippen LogP contribution is -2.12. The van der Waals surface area contributed by atoms with Crippen LogP contribution < -0.4 is 15.8 Å². The maximum absolute atomic E-state index is 11.6. The summed E-state index contributed by atoms with van der Waals surface area (Å²) in [5.74, 6) is 0.314. The van der Waals surface area contributed by atoms with Gasteiger partial charge < -0.3 is 15.8 Å². The molecule has 140 valence electrons. The van der Waals surface area contributed by atoms with Gasteiger partial charge >= 0.3 is 6.01 Å². The van der Waals surface area contributed by atoms with E-state index in [9.17, 15) is 4.79 Å². The third kappa shape index (κ3) is 3.30. The highest BCUT2D eigenvalue weighted by atomic mass is 16.5. The summed E-state index contributed by atoms with van der Waals surface area (Å²) in [4.78, 5) is 24.5. The van der Waals surface area contributed by atoms with Crippen LogP contribution in [0.3, 0.4) is 0 Å². The molecule has 0 aliphatic carbocycles. The number of nitrogens with two attached hydrogens (primary N) is 1. The average Bonchev–Trinajstić information content (AvgIpc) is 3.17. The van der Waals surface area contributed by atoms with Gasteiger partial charge in [0.05, 0.1) is 12.7 Å². The lowest BCUT2D eigenvalue weighted by Gasteiger charge is -2.08. The van der Waals surface area contributed by atoms with Crippen LogP contribution in [-0.2, 0) is 6.54 Å². The molecule has 0 saturated carbocycles. The predicted octanol–water partition coefficient (Wildman–Crippen LogP) is 1.30. The van der Waals surface area contributed by atoms with E-state index in [2.05, 4.69) is 30.5 Å². The molecule has 0 radical (unpaired) electrons. The van der Waals surface area contributed by atoms with Crippen LogP contribution in [0.4, 0.5) is 5.95 Å². The second kappa shape index (κ2) is 7.27. The smallest absolute Gasteiger partial charge is 0.321 e. The van der Waals surface area contributed by atoms with Crippen molar-refractivity contribution < 1.29 is 9.53 Å². The molecule has 1 aromatic carbocycles. The van der Waals surface area contributed by atoms with Crippen molar-refractivity contribution in [1.29, 1.82) is 0 Å². The Morgan fingerprint density at radius 1 is 1.11 bits per heavy atom. The molecule has 0 saturated heterocycles. The highest BCUT2D eigenvalue weighted by molar-refractivity contribution is 5.98. The van der Waals surface area contributed by atoms with E-state index in [0.717, 1.165) is 5.56 Å². The van der Waals surface area contributed by atoms with Crippen LogP contribution in [0.15, 0.2) is 48.7 Å². The van der Waals surface area contributed by atoms with Crippen molar-refractivity contribution >= 4 is 17.5 Å². The molecule has 0 spiro atoms. The van der Waals surface area contributed by atoms with E-state index in [1.807, 2.05) is 30.3 Å². The average molecular weight is 376 g/mol. The first-order valence-electron chi connectivity index (χ1n) is 8.37. The van der Waals surface area contributed by atoms with Gasteiger partial charge in [0.15, 0.2) is 5.65 Å². The van der Waals surface area contributed by atoms with Crippen molar-refractivity contribution in [3.63, 3.8) is 0 Å². The molecule has 3 N–H and O–H groups in total. The van der Waals surface area contributed by atoms with E-state index in [4.69, 9.17) is 10.5 Å². The van der Waals surface area contributed by atoms with Crippen LogP contribution in [0.25, 0.3) is 17.3 Å². The number of pyridine rings is 1. The minimum Gasteiger partial charge on any atom is -0.467 e. The number of benzene rings is 1. The number of hydrogen-bond donors (Lipinski definition) is 2. The molecule has 0 aliphatic heterocycles. The van der Waals surface area contributed by atoms with Gasteiger partial charge in [0.1, 0.15) is 0 Å². The molecule has 1 amide bonds. The molecule has 3 heterocycles. The minimum atomic E-state index is -0.594. The van der Waals surface area contributed by atoms with Gasteiger partial charge in [-0.15, -0.1) is 10.2 Å². The molecular formula is C18H16N8O2. The summed E-state index contributed by atoms with van der Waals surface area (Å²) >= 11 is 0. The Kier molecular flexibility index (Phi) is 4.50. The van der Waals surface area contributed by atoms with Gasteiger partial charge in [0.25, 0.3) is 5.91 Å². The second-order valence-corrected chi connectivity index (χ2v) is 5.81. The Labute approximate surface area is 159 Å². The fourth-order valence-electron chi connectivity index (χ4n) is 2.66. The van der Waals surface area contributed by atoms with Crippen molar-refractivity contribution in [2.75, 3.05) is 12.4 Å². The van der Waals surface area contributed by atoms with Crippen molar-refractivity contribution in [3.8, 4) is 17.7 Å². The molecule has 0 aliphatic rings. The third-order valence-electron chi connectivity index (χ3n) is 3.99. The van der Waals surface area contributed by atoms with E-state index in [-0.39, 0.29) is 17.4 Å². The summed E-state index contributed by atoms with van der Waals surface area (Å²) < 4.78 is 6.78. The minimum absolute atomic E-state index is 0.128. The van der Waals surface area contributed by atoms with Gasteiger partial charge in [-0.25, -0.2) is 0 Å². The number of nitrogens with zero attached hydrogens (tertiary/aromatic N) is 6. The van der Waals surface area contributed by atoms with E-state index in [1.165, 1.54) is 7.11 Å². The zero-order valence-corrected chi connectivity index (χ0v) is 14.9. The highest BCUT2D eigenvalue weighted by Crippen LogP contribution is 2.20. The molecule has 0 unspecified atom stereocenters. The molecule has 10 nitrogen and oxygen atoms in total. The quantitative estimate of drug-likeness (QED) is 0.514. The Morgan fingerprint density at radius 2 is 1.93 bits per heavy atom. The van der Waals surface area contributed by atoms with Crippen LogP contribution >= 0.6 is 0 Å². The normalized spacial score (nSPS) is 10.8. The van der Waals surface area contributed by atoms with Crippen molar-refractivity contribution in [2.45, 2.75) is 6.54 Å². The number of hydrogen-bond acceptors (Lipinski definition) is 8. The van der Waals surface area contributed by atoms with Crippen LogP contribution in [-0.4, -0.2) is 42.6 Å². The molecule has 0 fully saturated rings. The van der Waals surface area contributed by atoms with Gasteiger partial charge in [-0.05, 0) is 17.7 Å². The zero-order chi connectivity index (χ0) is 19.5. The summed E-state index contributed by atoms with van der Waals surface area (Å²) in [6, 6.07) is 13.2. The molecule has 0 bridgehead atoms. The maximum Gasteiger partial charge on any atom is 0.321 e. The number of aromatic nitrogens is 6. The predicted molar refractivity (Wildman–Crippen MR) is 101 cm³/mol. The number of primary amides is 1. The van der Waals surface area contributed by atoms with Gasteiger partial charge in [-0.3, -0.25) is 9.20 Å². The number of methoxy groups -OCH3 is 1. The summed E-state index contributed by atoms with van der Waals surface area (Å²) in [7, 11) is 1.47. The SMILES string of the molecule is COc1nc(NCc2ccccc2)nc(-c2nnc3c(C(N)=O)cccn23)n1. The standard InChI is InChI=1S/C18H16N8O2/c1-28-18-22-14(21-17(23-18)20-10-11-6-3-2-4-7-11)16-25-24-15-12(13(19)27)8-5-9-26(15)16/h2-9H,10H2,1H3,(H2,19,27)(H,20,21,22,23). The third-order valence-corrected chi connectivity index (χ3v) is 3.99. The summed E-state index contributed by atoms with van der Waals surface area (Å²) in [6.45, 7) is 0.528. The van der Waals surface area contributed by atoms with Crippen LogP contribution in [0.1, 0.15) is 15.9 Å². The Morgan fingerprint density at radius 3 is 2.68 bits per heavy atom. The number of anilines is 1. The monoisotopic (exact) mass is 376 g/mol. The summed E-state index contributed by atoms with van der Waals surface area (Å²) in [5.41, 5.74) is 7.05. The van der Waals surface area contributed by atoms with E-state index < -0.39 is 5.91 Å². The topological polar surface area (TPSA) is 133 Å². The maximum atomic E-state index is 11.6. The molecule has 4 aromatic rings. The number of fused-ring (bicyclic) bond motifs is 1. The molecule has 4 rings (SSSR count). The van der Waals surface area contributed by atoms with E-state index in [1.54, 1.807) is 22.7 Å². The first-order valence-corrected chi connectivity index (χ1v) is 8.37. The summed E-state index contributed by atoms with van der Waals surface area (Å²) in [5, 5.41) is 11.3. The molecular weight excluding hydrogens is 360 g/mol. The van der Waals surface area contributed by atoms with Crippen molar-refractivity contribution in [2.24, 2.45) is 5.73 Å². The van der Waals surface area contributed by atoms with E-state index in [0.29, 0.717) is 24.0 Å². The Hall–Kier alpha value is -4.08. The number of carbonyl (C=O) groups is 1. The highest BCUT2D eigenvalue weighted by Gasteiger charge is 2.18. The number of carbonyl (C=O) groups excluding carboxylic acids is 1. The fourth-order valence-corrected chi connectivity index (χ4v) is 2.66. The molecule has 10 heteroatoms. The number of ether oxygens (including phenoxy) is 1. The van der Waals surface area contributed by atoms with Crippen LogP contribution in [0.5, 0.6) is 6.01 Å². The van der Waals surface area contributed by atoms with Crippen LogP contribution in [0.2, 0.25) is 0 Å². The Balaban J connectivity index is 1.73. The van der Waals surface area contributed by atoms with Gasteiger partial charge in [-0.2, -0.15) is 15.0 Å². The lowest BCUT2D eigenvalue weighted by molar-refractivity contribution is 0.100. The first kappa shape index (κ1) is 17.3. The largest absolute Gasteiger partial charge is 0.467 e. The lowest BCUT2D eigenvalue weighted by atomic mass is 10.2. The number of nitrogens with one attached hydrogen (secondary N) is 1. The van der Waals surface area contributed by atoms with E-state index >= 15 is 0 Å². The summed E-state index contributed by atoms with van der Waals surface area (Å²) in [6.07, 6.45) is 1.70. The molecule has 3 aromatic heterocycles. The van der Waals surface area contributed by atoms with Gasteiger partial charge in [-0.1, -0.05) is 30.3 Å². The van der Waals surface area contributed by atoms with Crippen LogP contribution in [0, 0.1) is 0 Å². The molecule has 28 heavy (non-hydrogen) atoms. The van der Waals surface area contributed by atoms with Gasteiger partial charge in [0, 0.05) is 12.7 Å². The second-order valence-electron chi connectivity index (χ2n) is 5.81. The molecule has 0 atom stereocenters. The number of amides is 1. The Bertz CT molecular complexity index is 1140. The first-order chi connectivity index (χ1) is 13.7. The fraction of sp³-hybridized carbons (Fsp3) is 0.111. The van der Waals surface area contributed by atoms with Gasteiger partial charge in [0.2, 0.25) is 17.6 Å². The van der Waals surface area contributed by atoms with Crippen molar-refractivity contribution in [3.05, 3.63) is 59.8 Å². The van der Waals surface area contributed by atoms with Crippen molar-refractivity contribution in [1.82, 2.24) is 29.5 Å².